The van der Waals surface area contributed by atoms with Crippen molar-refractivity contribution in [3.05, 3.63) is 54.1 Å². The normalized spacial score (nSPS) is 38.1. The van der Waals surface area contributed by atoms with Gasteiger partial charge in [-0.25, -0.2) is 0 Å². The van der Waals surface area contributed by atoms with Gasteiger partial charge in [0.15, 0.2) is 0 Å². The van der Waals surface area contributed by atoms with Crippen molar-refractivity contribution in [2.45, 2.75) is 103 Å². The van der Waals surface area contributed by atoms with Crippen LogP contribution in [0.4, 0.5) is 0 Å². The van der Waals surface area contributed by atoms with E-state index in [1.165, 1.54) is 63.4 Å². The van der Waals surface area contributed by atoms with Crippen LogP contribution in [-0.2, 0) is 4.74 Å². The molecule has 7 rings (SSSR count). The number of allylic oxidation sites excluding steroid dienone is 4. The van der Waals surface area contributed by atoms with Crippen molar-refractivity contribution < 1.29 is 9.47 Å². The maximum atomic E-state index is 7.25. The fourth-order valence-electron chi connectivity index (χ4n) is 9.07. The van der Waals surface area contributed by atoms with Crippen molar-refractivity contribution in [1.29, 1.82) is 0 Å². The standard InChI is InChI=1S/C34H48O2/c1-22(2)16-32(23(3)4)26-12-14-29(15-13-26)35-33(31-11-7-9-25-8-5-6-10-30(25)31)36-34-19-24-17-27(20-34)28(18-24)21-34/h5-6,8,10,12-15,22-25,27-28,30-33H,7,9,11,16-21H2,1-4H3. The van der Waals surface area contributed by atoms with Crippen LogP contribution in [0.5, 0.6) is 5.75 Å². The van der Waals surface area contributed by atoms with Gasteiger partial charge >= 0.3 is 0 Å². The third-order valence-corrected chi connectivity index (χ3v) is 10.5. The van der Waals surface area contributed by atoms with E-state index >= 15 is 0 Å². The molecule has 0 saturated heterocycles. The predicted octanol–water partition coefficient (Wildman–Crippen LogP) is 8.93. The molecule has 0 aromatic heterocycles. The van der Waals surface area contributed by atoms with Crippen LogP contribution in [0.15, 0.2) is 48.6 Å². The first kappa shape index (κ1) is 24.8. The molecule has 7 atom stereocenters. The molecule has 0 aliphatic heterocycles. The van der Waals surface area contributed by atoms with Crippen LogP contribution >= 0.6 is 0 Å². The highest BCUT2D eigenvalue weighted by Gasteiger charge is 2.58. The molecule has 36 heavy (non-hydrogen) atoms. The Hall–Kier alpha value is -1.54. The summed E-state index contributed by atoms with van der Waals surface area (Å²) < 4.78 is 14.1. The smallest absolute Gasteiger partial charge is 0.203 e. The first-order valence-electron chi connectivity index (χ1n) is 15.2. The number of hydrogen-bond donors (Lipinski definition) is 0. The van der Waals surface area contributed by atoms with Gasteiger partial charge in [-0.3, -0.25) is 0 Å². The lowest BCUT2D eigenvalue weighted by molar-refractivity contribution is -0.219. The minimum Gasteiger partial charge on any atom is -0.465 e. The maximum Gasteiger partial charge on any atom is 0.203 e. The summed E-state index contributed by atoms with van der Waals surface area (Å²) in [5.74, 6) is 7.27. The maximum absolute atomic E-state index is 7.25. The molecule has 1 aromatic carbocycles. The second-order valence-electron chi connectivity index (χ2n) is 13.9. The molecule has 0 heterocycles. The van der Waals surface area contributed by atoms with Gasteiger partial charge in [0, 0.05) is 5.92 Å². The lowest BCUT2D eigenvalue weighted by atomic mass is 9.69. The average Bonchev–Trinajstić information content (AvgIpc) is 3.27. The van der Waals surface area contributed by atoms with Crippen molar-refractivity contribution in [1.82, 2.24) is 0 Å². The summed E-state index contributed by atoms with van der Waals surface area (Å²) in [4.78, 5) is 0. The van der Waals surface area contributed by atoms with Crippen molar-refractivity contribution in [3.63, 3.8) is 0 Å². The molecule has 2 nitrogen and oxygen atoms in total. The predicted molar refractivity (Wildman–Crippen MR) is 148 cm³/mol. The first-order valence-corrected chi connectivity index (χ1v) is 15.2. The molecule has 1 aromatic rings. The number of rotatable bonds is 9. The van der Waals surface area contributed by atoms with E-state index in [1.807, 2.05) is 0 Å². The summed E-state index contributed by atoms with van der Waals surface area (Å²) >= 11 is 0. The minimum atomic E-state index is -0.146. The van der Waals surface area contributed by atoms with Gasteiger partial charge in [0.2, 0.25) is 6.29 Å². The van der Waals surface area contributed by atoms with E-state index in [0.717, 1.165) is 23.5 Å². The molecular weight excluding hydrogens is 440 g/mol. The van der Waals surface area contributed by atoms with Crippen molar-refractivity contribution in [2.75, 3.05) is 0 Å². The van der Waals surface area contributed by atoms with Gasteiger partial charge in [0.1, 0.15) is 5.75 Å². The molecule has 2 heteroatoms. The Bertz CT molecular complexity index is 936. The lowest BCUT2D eigenvalue weighted by Gasteiger charge is -2.46. The van der Waals surface area contributed by atoms with Gasteiger partial charge in [0.05, 0.1) is 5.60 Å². The third-order valence-electron chi connectivity index (χ3n) is 10.5. The highest BCUT2D eigenvalue weighted by Crippen LogP contribution is 2.62. The third kappa shape index (κ3) is 4.84. The fourth-order valence-corrected chi connectivity index (χ4v) is 9.07. The molecule has 0 N–H and O–H groups in total. The molecule has 6 aliphatic carbocycles. The van der Waals surface area contributed by atoms with Crippen LogP contribution < -0.4 is 4.74 Å². The summed E-state index contributed by atoms with van der Waals surface area (Å²) in [5.41, 5.74) is 1.52. The van der Waals surface area contributed by atoms with Crippen LogP contribution in [-0.4, -0.2) is 11.9 Å². The summed E-state index contributed by atoms with van der Waals surface area (Å²) in [6.07, 6.45) is 21.0. The Morgan fingerprint density at radius 3 is 2.28 bits per heavy atom. The highest BCUT2D eigenvalue weighted by molar-refractivity contribution is 5.30. The van der Waals surface area contributed by atoms with E-state index in [1.54, 1.807) is 0 Å². The zero-order chi connectivity index (χ0) is 24.9. The highest BCUT2D eigenvalue weighted by atomic mass is 16.7. The summed E-state index contributed by atoms with van der Waals surface area (Å²) in [5, 5.41) is 0. The monoisotopic (exact) mass is 488 g/mol. The number of fused-ring (bicyclic) bond motifs is 1. The molecule has 0 radical (unpaired) electrons. The molecule has 5 saturated carbocycles. The van der Waals surface area contributed by atoms with Gasteiger partial charge in [-0.2, -0.15) is 0 Å². The molecule has 0 spiro atoms. The molecule has 4 bridgehead atoms. The fraction of sp³-hybridized carbons (Fsp3) is 0.706. The Labute approximate surface area is 219 Å². The van der Waals surface area contributed by atoms with Crippen LogP contribution in [0.1, 0.15) is 97.0 Å². The molecule has 0 amide bonds. The SMILES string of the molecule is CC(C)CC(c1ccc(OC(OC23CC4CC(C2)C(C4)C3)C2CCCC3C=CC=CC32)cc1)C(C)C. The van der Waals surface area contributed by atoms with Crippen molar-refractivity contribution in [3.8, 4) is 5.75 Å². The van der Waals surface area contributed by atoms with E-state index in [-0.39, 0.29) is 11.9 Å². The lowest BCUT2D eigenvalue weighted by Crippen LogP contribution is -2.47. The van der Waals surface area contributed by atoms with Gasteiger partial charge in [-0.15, -0.1) is 0 Å². The number of benzene rings is 1. The Morgan fingerprint density at radius 2 is 1.61 bits per heavy atom. The minimum absolute atomic E-state index is 0.0717. The van der Waals surface area contributed by atoms with Crippen molar-refractivity contribution >= 4 is 0 Å². The molecule has 5 fully saturated rings. The van der Waals surface area contributed by atoms with Gasteiger partial charge in [0.25, 0.3) is 0 Å². The van der Waals surface area contributed by atoms with Crippen LogP contribution in [0.2, 0.25) is 0 Å². The van der Waals surface area contributed by atoms with E-state index in [9.17, 15) is 0 Å². The Balaban J connectivity index is 1.24. The van der Waals surface area contributed by atoms with Crippen molar-refractivity contribution in [2.24, 2.45) is 47.3 Å². The Morgan fingerprint density at radius 1 is 0.889 bits per heavy atom. The van der Waals surface area contributed by atoms with Gasteiger partial charge in [-0.05, 0) is 116 Å². The molecular formula is C34H48O2. The average molecular weight is 489 g/mol. The molecule has 7 unspecified atom stereocenters. The Kier molecular flexibility index (Phi) is 6.86. The number of ether oxygens (including phenoxy) is 2. The van der Waals surface area contributed by atoms with Gasteiger partial charge < -0.3 is 9.47 Å². The zero-order valence-corrected chi connectivity index (χ0v) is 23.1. The number of hydrogen-bond acceptors (Lipinski definition) is 2. The summed E-state index contributed by atoms with van der Waals surface area (Å²) in [6.45, 7) is 9.39. The van der Waals surface area contributed by atoms with Crippen LogP contribution in [0, 0.1) is 47.3 Å². The van der Waals surface area contributed by atoms with E-state index in [2.05, 4.69) is 76.3 Å². The van der Waals surface area contributed by atoms with Gasteiger partial charge in [-0.1, -0.05) is 70.6 Å². The zero-order valence-electron chi connectivity index (χ0n) is 23.1. The van der Waals surface area contributed by atoms with E-state index in [4.69, 9.17) is 9.47 Å². The topological polar surface area (TPSA) is 18.5 Å². The quantitative estimate of drug-likeness (QED) is 0.323. The van der Waals surface area contributed by atoms with E-state index < -0.39 is 0 Å². The summed E-state index contributed by atoms with van der Waals surface area (Å²) in [6, 6.07) is 9.11. The first-order chi connectivity index (χ1) is 17.4. The summed E-state index contributed by atoms with van der Waals surface area (Å²) in [7, 11) is 0. The largest absolute Gasteiger partial charge is 0.465 e. The van der Waals surface area contributed by atoms with Crippen LogP contribution in [0.3, 0.4) is 0 Å². The molecule has 6 aliphatic rings. The van der Waals surface area contributed by atoms with Crippen LogP contribution in [0.25, 0.3) is 0 Å². The van der Waals surface area contributed by atoms with E-state index in [0.29, 0.717) is 35.5 Å². The molecule has 196 valence electrons. The second-order valence-corrected chi connectivity index (χ2v) is 13.9. The second kappa shape index (κ2) is 9.97.